The number of nitrogens with one attached hydrogen (secondary N) is 1. The lowest BCUT2D eigenvalue weighted by molar-refractivity contribution is -0.137. The number of amides is 1. The highest BCUT2D eigenvalue weighted by Crippen LogP contribution is 2.30. The van der Waals surface area contributed by atoms with E-state index in [1.54, 1.807) is 6.92 Å². The second-order valence-corrected chi connectivity index (χ2v) is 3.83. The van der Waals surface area contributed by atoms with Crippen LogP contribution < -0.4 is 11.1 Å². The maximum Gasteiger partial charge on any atom is 0.416 e. The number of ether oxygens (including phenoxy) is 1. The smallest absolute Gasteiger partial charge is 0.416 e. The summed E-state index contributed by atoms with van der Waals surface area (Å²) >= 11 is 0. The van der Waals surface area contributed by atoms with Gasteiger partial charge in [-0.2, -0.15) is 13.2 Å². The van der Waals surface area contributed by atoms with Gasteiger partial charge in [0.25, 0.3) is 0 Å². The van der Waals surface area contributed by atoms with Gasteiger partial charge in [-0.05, 0) is 24.6 Å². The average molecular weight is 292 g/mol. The molecule has 7 heteroatoms. The highest BCUT2D eigenvalue weighted by Gasteiger charge is 2.30. The van der Waals surface area contributed by atoms with Crippen LogP contribution in [0.3, 0.4) is 0 Å². The van der Waals surface area contributed by atoms with E-state index in [9.17, 15) is 18.0 Å². The summed E-state index contributed by atoms with van der Waals surface area (Å²) in [6.07, 6.45) is -5.06. The van der Waals surface area contributed by atoms with Crippen LogP contribution in [0.1, 0.15) is 31.5 Å². The summed E-state index contributed by atoms with van der Waals surface area (Å²) in [5.74, 6) is 0. The molecule has 1 unspecified atom stereocenters. The van der Waals surface area contributed by atoms with Gasteiger partial charge in [0.2, 0.25) is 0 Å². The fourth-order valence-electron chi connectivity index (χ4n) is 1.44. The van der Waals surface area contributed by atoms with Crippen molar-refractivity contribution in [3.63, 3.8) is 0 Å². The van der Waals surface area contributed by atoms with Gasteiger partial charge in [0.05, 0.1) is 12.2 Å². The van der Waals surface area contributed by atoms with Gasteiger partial charge in [-0.3, -0.25) is 0 Å². The van der Waals surface area contributed by atoms with Gasteiger partial charge in [-0.25, -0.2) is 4.79 Å². The molecule has 3 N–H and O–H groups in total. The summed E-state index contributed by atoms with van der Waals surface area (Å²) in [5, 5.41) is 2.37. The SMILES string of the molecule is C.CCOC(=O)NCC(N)c1cccc(C(F)(F)F)c1. The van der Waals surface area contributed by atoms with E-state index in [0.717, 1.165) is 12.1 Å². The molecule has 0 fully saturated rings. The van der Waals surface area contributed by atoms with Crippen molar-refractivity contribution >= 4 is 6.09 Å². The minimum absolute atomic E-state index is 0. The number of halogens is 3. The van der Waals surface area contributed by atoms with Crippen molar-refractivity contribution in [1.82, 2.24) is 5.32 Å². The normalized spacial score (nSPS) is 12.2. The zero-order chi connectivity index (χ0) is 14.5. The average Bonchev–Trinajstić information content (AvgIpc) is 2.35. The van der Waals surface area contributed by atoms with Crippen LogP contribution >= 0.6 is 0 Å². The summed E-state index contributed by atoms with van der Waals surface area (Å²) in [6, 6.07) is 3.97. The van der Waals surface area contributed by atoms with E-state index in [4.69, 9.17) is 5.73 Å². The van der Waals surface area contributed by atoms with E-state index in [1.165, 1.54) is 12.1 Å². The van der Waals surface area contributed by atoms with Crippen LogP contribution in [0.2, 0.25) is 0 Å². The topological polar surface area (TPSA) is 64.3 Å². The molecule has 0 saturated carbocycles. The van der Waals surface area contributed by atoms with E-state index in [-0.39, 0.29) is 20.6 Å². The van der Waals surface area contributed by atoms with Gasteiger partial charge in [-0.1, -0.05) is 19.6 Å². The standard InChI is InChI=1S/C12H15F3N2O2.CH4/c1-2-19-11(18)17-7-10(16)8-4-3-5-9(6-8)12(13,14)15;/h3-6,10H,2,7,16H2,1H3,(H,17,18);1H4. The monoisotopic (exact) mass is 292 g/mol. The van der Waals surface area contributed by atoms with Crippen molar-refractivity contribution in [3.8, 4) is 0 Å². The van der Waals surface area contributed by atoms with Crippen LogP contribution in [-0.2, 0) is 10.9 Å². The summed E-state index contributed by atoms with van der Waals surface area (Å²) < 4.78 is 42.2. The molecule has 20 heavy (non-hydrogen) atoms. The molecule has 1 aromatic rings. The minimum atomic E-state index is -4.41. The number of benzene rings is 1. The van der Waals surface area contributed by atoms with Crippen molar-refractivity contribution in [2.75, 3.05) is 13.2 Å². The van der Waals surface area contributed by atoms with Crippen molar-refractivity contribution in [2.45, 2.75) is 26.6 Å². The highest BCUT2D eigenvalue weighted by molar-refractivity contribution is 5.67. The van der Waals surface area contributed by atoms with Crippen molar-refractivity contribution in [3.05, 3.63) is 35.4 Å². The summed E-state index contributed by atoms with van der Waals surface area (Å²) in [6.45, 7) is 1.86. The Hall–Kier alpha value is -1.76. The number of hydrogen-bond acceptors (Lipinski definition) is 3. The van der Waals surface area contributed by atoms with Gasteiger partial charge >= 0.3 is 12.3 Å². The Balaban J connectivity index is 0.00000361. The molecule has 0 aromatic heterocycles. The van der Waals surface area contributed by atoms with Gasteiger partial charge in [0.15, 0.2) is 0 Å². The predicted octanol–water partition coefficient (Wildman–Crippen LogP) is 3.09. The molecule has 114 valence electrons. The number of hydrogen-bond donors (Lipinski definition) is 2. The van der Waals surface area contributed by atoms with Crippen LogP contribution in [0.25, 0.3) is 0 Å². The van der Waals surface area contributed by atoms with Crippen LogP contribution in [0.4, 0.5) is 18.0 Å². The van der Waals surface area contributed by atoms with E-state index in [2.05, 4.69) is 10.1 Å². The van der Waals surface area contributed by atoms with Gasteiger partial charge in [0, 0.05) is 12.6 Å². The number of alkyl carbamates (subject to hydrolysis) is 1. The highest BCUT2D eigenvalue weighted by atomic mass is 19.4. The van der Waals surface area contributed by atoms with Crippen molar-refractivity contribution in [1.29, 1.82) is 0 Å². The Morgan fingerprint density at radius 2 is 2.10 bits per heavy atom. The first-order chi connectivity index (χ1) is 8.84. The molecule has 0 bridgehead atoms. The van der Waals surface area contributed by atoms with Crippen molar-refractivity contribution in [2.24, 2.45) is 5.73 Å². The Morgan fingerprint density at radius 3 is 2.65 bits per heavy atom. The van der Waals surface area contributed by atoms with Crippen molar-refractivity contribution < 1.29 is 22.7 Å². The lowest BCUT2D eigenvalue weighted by Gasteiger charge is -2.15. The van der Waals surface area contributed by atoms with Crippen LogP contribution in [0, 0.1) is 0 Å². The predicted molar refractivity (Wildman–Crippen MR) is 70.1 cm³/mol. The molecule has 0 aliphatic carbocycles. The zero-order valence-corrected chi connectivity index (χ0v) is 10.3. The van der Waals surface area contributed by atoms with Gasteiger partial charge in [-0.15, -0.1) is 0 Å². The van der Waals surface area contributed by atoms with E-state index < -0.39 is 23.9 Å². The maximum absolute atomic E-state index is 12.5. The first kappa shape index (κ1) is 18.2. The summed E-state index contributed by atoms with van der Waals surface area (Å²) in [5.41, 5.74) is 5.24. The second kappa shape index (κ2) is 7.74. The molecular weight excluding hydrogens is 273 g/mol. The molecule has 4 nitrogen and oxygen atoms in total. The lowest BCUT2D eigenvalue weighted by atomic mass is 10.0. The number of nitrogens with two attached hydrogens (primary N) is 1. The van der Waals surface area contributed by atoms with E-state index >= 15 is 0 Å². The zero-order valence-electron chi connectivity index (χ0n) is 10.3. The molecule has 0 heterocycles. The second-order valence-electron chi connectivity index (χ2n) is 3.83. The number of carbonyl (C=O) groups is 1. The van der Waals surface area contributed by atoms with E-state index in [1.807, 2.05) is 0 Å². The third-order valence-electron chi connectivity index (χ3n) is 2.38. The molecule has 0 saturated heterocycles. The lowest BCUT2D eigenvalue weighted by Crippen LogP contribution is -2.32. The molecule has 0 aliphatic heterocycles. The Bertz CT molecular complexity index is 436. The first-order valence-corrected chi connectivity index (χ1v) is 5.68. The maximum atomic E-state index is 12.5. The minimum Gasteiger partial charge on any atom is -0.450 e. The third-order valence-corrected chi connectivity index (χ3v) is 2.38. The molecule has 0 spiro atoms. The number of carbonyl (C=O) groups excluding carboxylic acids is 1. The molecule has 1 rings (SSSR count). The largest absolute Gasteiger partial charge is 0.450 e. The molecule has 1 atom stereocenters. The van der Waals surface area contributed by atoms with E-state index in [0.29, 0.717) is 5.56 Å². The Kier molecular flexibility index (Phi) is 7.06. The quantitative estimate of drug-likeness (QED) is 0.896. The van der Waals surface area contributed by atoms with Gasteiger partial charge in [0.1, 0.15) is 0 Å². The molecule has 0 radical (unpaired) electrons. The van der Waals surface area contributed by atoms with Crippen LogP contribution in [0.15, 0.2) is 24.3 Å². The fraction of sp³-hybridized carbons (Fsp3) is 0.462. The number of rotatable bonds is 4. The number of alkyl halides is 3. The molecule has 0 aliphatic rings. The molecular formula is C13H19F3N2O2. The first-order valence-electron chi connectivity index (χ1n) is 5.68. The molecule has 1 amide bonds. The molecule has 1 aromatic carbocycles. The Morgan fingerprint density at radius 1 is 1.45 bits per heavy atom. The third kappa shape index (κ3) is 5.48. The fourth-order valence-corrected chi connectivity index (χ4v) is 1.44. The summed E-state index contributed by atoms with van der Waals surface area (Å²) in [4.78, 5) is 11.0. The summed E-state index contributed by atoms with van der Waals surface area (Å²) in [7, 11) is 0. The van der Waals surface area contributed by atoms with Crippen LogP contribution in [0.5, 0.6) is 0 Å². The Labute approximate surface area is 116 Å². The van der Waals surface area contributed by atoms with Crippen LogP contribution in [-0.4, -0.2) is 19.2 Å². The van der Waals surface area contributed by atoms with Gasteiger partial charge < -0.3 is 15.8 Å².